The number of halogens is 1. The molecule has 10 unspecified atom stereocenters. The molecule has 0 aromatic heterocycles. The van der Waals surface area contributed by atoms with Crippen LogP contribution in [-0.4, -0.2) is 24.2 Å². The highest BCUT2D eigenvalue weighted by Gasteiger charge is 2.60. The molecule has 5 rings (SSSR count). The fourth-order valence-electron chi connectivity index (χ4n) is 7.46. The molecular weight excluding hydrogens is 363 g/mol. The SMILES string of the molecule is [B]C1CCC2C(C1)C(=O)C1CC3C(=O)C4CC(Br)CCC4C3CC12. The molecule has 128 valence electrons. The van der Waals surface area contributed by atoms with Gasteiger partial charge < -0.3 is 0 Å². The van der Waals surface area contributed by atoms with E-state index in [1.807, 2.05) is 0 Å². The maximum atomic E-state index is 13.0. The summed E-state index contributed by atoms with van der Waals surface area (Å²) in [4.78, 5) is 26.6. The number of ketones is 2. The second-order valence-electron chi connectivity index (χ2n) is 9.34. The summed E-state index contributed by atoms with van der Waals surface area (Å²) >= 11 is 3.74. The minimum absolute atomic E-state index is 0.176. The van der Waals surface area contributed by atoms with Crippen LogP contribution in [0.2, 0.25) is 5.82 Å². The van der Waals surface area contributed by atoms with Gasteiger partial charge in [0.05, 0.1) is 7.85 Å². The van der Waals surface area contributed by atoms with E-state index in [0.717, 1.165) is 38.5 Å². The summed E-state index contributed by atoms with van der Waals surface area (Å²) in [6.45, 7) is 0. The Bertz CT molecular complexity index is 530. The van der Waals surface area contributed by atoms with E-state index < -0.39 is 0 Å². The van der Waals surface area contributed by atoms with E-state index in [0.29, 0.717) is 40.1 Å². The van der Waals surface area contributed by atoms with Crippen LogP contribution in [0.15, 0.2) is 0 Å². The van der Waals surface area contributed by atoms with Gasteiger partial charge in [0.2, 0.25) is 0 Å². The van der Waals surface area contributed by atoms with Crippen LogP contribution in [0, 0.1) is 47.3 Å². The smallest absolute Gasteiger partial charge is 0.139 e. The number of carbonyl (C=O) groups is 2. The average Bonchev–Trinajstić information content (AvgIpc) is 2.99. The molecule has 5 aliphatic rings. The van der Waals surface area contributed by atoms with E-state index in [2.05, 4.69) is 15.9 Å². The lowest BCUT2D eigenvalue weighted by Gasteiger charge is -2.40. The highest BCUT2D eigenvalue weighted by molar-refractivity contribution is 9.09. The molecule has 5 aliphatic carbocycles. The normalized spacial score (nSPS) is 56.4. The van der Waals surface area contributed by atoms with Crippen molar-refractivity contribution in [2.24, 2.45) is 47.3 Å². The molecule has 0 amide bonds. The third-order valence-electron chi connectivity index (χ3n) is 8.43. The third kappa shape index (κ3) is 2.20. The van der Waals surface area contributed by atoms with Gasteiger partial charge in [-0.3, -0.25) is 9.59 Å². The quantitative estimate of drug-likeness (QED) is 0.464. The topological polar surface area (TPSA) is 34.1 Å². The van der Waals surface area contributed by atoms with E-state index in [9.17, 15) is 9.59 Å². The Hall–Kier alpha value is -0.115. The Balaban J connectivity index is 1.42. The molecule has 0 aromatic rings. The van der Waals surface area contributed by atoms with Crippen LogP contribution in [0.3, 0.4) is 0 Å². The number of alkyl halides is 1. The summed E-state index contributed by atoms with van der Waals surface area (Å²) in [7, 11) is 6.15. The monoisotopic (exact) mass is 388 g/mol. The summed E-state index contributed by atoms with van der Waals surface area (Å²) in [6.07, 6.45) is 8.59. The third-order valence-corrected chi connectivity index (χ3v) is 9.26. The second kappa shape index (κ2) is 5.69. The Kier molecular flexibility index (Phi) is 3.81. The number of fused-ring (bicyclic) bond motifs is 6. The van der Waals surface area contributed by atoms with Crippen LogP contribution in [0.1, 0.15) is 51.4 Å². The number of hydrogen-bond donors (Lipinski definition) is 0. The lowest BCUT2D eigenvalue weighted by Crippen LogP contribution is -2.35. The first-order valence-electron chi connectivity index (χ1n) is 10.0. The van der Waals surface area contributed by atoms with Crippen LogP contribution < -0.4 is 0 Å². The number of carbonyl (C=O) groups excluding carboxylic acids is 2. The predicted molar refractivity (Wildman–Crippen MR) is 97.1 cm³/mol. The van der Waals surface area contributed by atoms with Gasteiger partial charge in [0.15, 0.2) is 0 Å². The fourth-order valence-corrected chi connectivity index (χ4v) is 8.13. The summed E-state index contributed by atoms with van der Waals surface area (Å²) in [5.41, 5.74) is 0. The van der Waals surface area contributed by atoms with Crippen molar-refractivity contribution in [3.63, 3.8) is 0 Å². The molecule has 0 aromatic carbocycles. The van der Waals surface area contributed by atoms with Gasteiger partial charge in [-0.25, -0.2) is 0 Å². The number of hydrogen-bond acceptors (Lipinski definition) is 2. The van der Waals surface area contributed by atoms with Crippen molar-refractivity contribution < 1.29 is 9.59 Å². The van der Waals surface area contributed by atoms with Gasteiger partial charge in [0.25, 0.3) is 0 Å². The maximum absolute atomic E-state index is 13.0. The zero-order chi connectivity index (χ0) is 16.6. The molecule has 5 fully saturated rings. The van der Waals surface area contributed by atoms with Crippen LogP contribution in [0.25, 0.3) is 0 Å². The van der Waals surface area contributed by atoms with Crippen LogP contribution in [0.4, 0.5) is 0 Å². The van der Waals surface area contributed by atoms with Gasteiger partial charge in [-0.15, -0.1) is 0 Å². The van der Waals surface area contributed by atoms with Crippen molar-refractivity contribution in [3.8, 4) is 0 Å². The van der Waals surface area contributed by atoms with Gasteiger partial charge >= 0.3 is 0 Å². The van der Waals surface area contributed by atoms with Gasteiger partial charge in [0, 0.05) is 28.5 Å². The number of rotatable bonds is 0. The van der Waals surface area contributed by atoms with Crippen molar-refractivity contribution in [1.82, 2.24) is 0 Å². The zero-order valence-electron chi connectivity index (χ0n) is 14.2. The van der Waals surface area contributed by atoms with Crippen molar-refractivity contribution in [2.75, 3.05) is 0 Å². The molecule has 2 nitrogen and oxygen atoms in total. The first-order chi connectivity index (χ1) is 11.5. The molecule has 0 heterocycles. The Morgan fingerprint density at radius 3 is 1.88 bits per heavy atom. The van der Waals surface area contributed by atoms with Gasteiger partial charge in [0.1, 0.15) is 11.6 Å². The predicted octanol–water partition coefficient (Wildman–Crippen LogP) is 3.96. The van der Waals surface area contributed by atoms with Crippen molar-refractivity contribution >= 4 is 35.3 Å². The molecule has 5 saturated carbocycles. The molecule has 2 radical (unpaired) electrons. The summed E-state index contributed by atoms with van der Waals surface area (Å²) in [6, 6.07) is 0. The summed E-state index contributed by atoms with van der Waals surface area (Å²) < 4.78 is 0. The van der Waals surface area contributed by atoms with Gasteiger partial charge in [-0.1, -0.05) is 28.2 Å². The molecule has 0 saturated heterocycles. The van der Waals surface area contributed by atoms with E-state index in [1.165, 1.54) is 12.8 Å². The first kappa shape index (κ1) is 16.1. The standard InChI is InChI=1S/C20H26BBrO2/c21-9-1-3-11-13-7-14-12-4-2-10(22)6-16(12)20(24)18(14)8-17(13)19(23)15(11)5-9/h9-18H,1-8H2. The fraction of sp³-hybridized carbons (Fsp3) is 0.900. The molecule has 0 N–H and O–H groups in total. The lowest BCUT2D eigenvalue weighted by molar-refractivity contribution is -0.129. The van der Waals surface area contributed by atoms with Crippen LogP contribution in [0.5, 0.6) is 0 Å². The highest BCUT2D eigenvalue weighted by Crippen LogP contribution is 2.61. The van der Waals surface area contributed by atoms with E-state index in [4.69, 9.17) is 7.85 Å². The van der Waals surface area contributed by atoms with Crippen molar-refractivity contribution in [1.29, 1.82) is 0 Å². The van der Waals surface area contributed by atoms with Gasteiger partial charge in [-0.05, 0) is 68.6 Å². The minimum Gasteiger partial charge on any atom is -0.299 e. The lowest BCUT2D eigenvalue weighted by atomic mass is 9.62. The molecule has 0 bridgehead atoms. The van der Waals surface area contributed by atoms with E-state index in [-0.39, 0.29) is 29.5 Å². The van der Waals surface area contributed by atoms with Crippen LogP contribution >= 0.6 is 15.9 Å². The van der Waals surface area contributed by atoms with Gasteiger partial charge in [-0.2, -0.15) is 0 Å². The van der Waals surface area contributed by atoms with Crippen molar-refractivity contribution in [2.45, 2.75) is 62.0 Å². The second-order valence-corrected chi connectivity index (χ2v) is 10.6. The highest BCUT2D eigenvalue weighted by atomic mass is 79.9. The molecular formula is C20H26BBrO2. The zero-order valence-corrected chi connectivity index (χ0v) is 15.8. The molecule has 0 aliphatic heterocycles. The number of Topliss-reactive ketones (excluding diaryl/α,β-unsaturated/α-hetero) is 2. The molecule has 10 atom stereocenters. The van der Waals surface area contributed by atoms with E-state index in [1.54, 1.807) is 0 Å². The average molecular weight is 389 g/mol. The molecule has 24 heavy (non-hydrogen) atoms. The molecule has 4 heteroatoms. The Morgan fingerprint density at radius 2 is 1.21 bits per heavy atom. The maximum Gasteiger partial charge on any atom is 0.139 e. The Labute approximate surface area is 154 Å². The largest absolute Gasteiger partial charge is 0.299 e. The Morgan fingerprint density at radius 1 is 0.667 bits per heavy atom. The van der Waals surface area contributed by atoms with E-state index >= 15 is 0 Å². The first-order valence-corrected chi connectivity index (χ1v) is 10.9. The summed E-state index contributed by atoms with van der Waals surface area (Å²) in [5.74, 6) is 4.38. The summed E-state index contributed by atoms with van der Waals surface area (Å²) in [5, 5.41) is 0. The van der Waals surface area contributed by atoms with Crippen molar-refractivity contribution in [3.05, 3.63) is 0 Å². The molecule has 0 spiro atoms. The minimum atomic E-state index is 0.176. The van der Waals surface area contributed by atoms with Crippen LogP contribution in [-0.2, 0) is 9.59 Å².